The summed E-state index contributed by atoms with van der Waals surface area (Å²) in [4.78, 5) is 20.0. The number of aromatic nitrogens is 3. The number of halogens is 4. The fourth-order valence-electron chi connectivity index (χ4n) is 3.24. The largest absolute Gasteiger partial charge is 0.417 e. The summed E-state index contributed by atoms with van der Waals surface area (Å²) in [5, 5.41) is -0.497. The smallest absolute Gasteiger partial charge is 0.363 e. The van der Waals surface area contributed by atoms with Gasteiger partial charge in [-0.2, -0.15) is 13.2 Å². The lowest BCUT2D eigenvalue weighted by Gasteiger charge is -2.12. The molecule has 4 aromatic rings. The molecule has 0 aliphatic rings. The summed E-state index contributed by atoms with van der Waals surface area (Å²) in [6.45, 7) is 0. The molecule has 30 heavy (non-hydrogen) atoms. The topological polar surface area (TPSA) is 73.8 Å². The number of nitrogens with two attached hydrogens (primary N) is 1. The normalized spacial score (nSPS) is 11.7. The molecule has 0 spiro atoms. The maximum Gasteiger partial charge on any atom is 0.417 e. The molecule has 9 heteroatoms. The van der Waals surface area contributed by atoms with Crippen molar-refractivity contribution in [1.82, 2.24) is 14.5 Å². The average Bonchev–Trinajstić information content (AvgIpc) is 3.06. The number of pyridine rings is 1. The molecule has 0 aliphatic carbocycles. The van der Waals surface area contributed by atoms with Gasteiger partial charge in [-0.05, 0) is 53.9 Å². The highest BCUT2D eigenvalue weighted by atomic mass is 35.5. The minimum Gasteiger partial charge on any atom is -0.363 e. The number of carbonyl (C=O) groups excluding carboxylic acids is 1. The van der Waals surface area contributed by atoms with Gasteiger partial charge in [0.1, 0.15) is 0 Å². The monoisotopic (exact) mass is 430 g/mol. The predicted octanol–water partition coefficient (Wildman–Crippen LogP) is 4.78. The van der Waals surface area contributed by atoms with Gasteiger partial charge in [0.15, 0.2) is 0 Å². The Balaban J connectivity index is 1.82. The van der Waals surface area contributed by atoms with Gasteiger partial charge in [0, 0.05) is 18.1 Å². The first kappa shape index (κ1) is 19.9. The van der Waals surface area contributed by atoms with Gasteiger partial charge in [-0.25, -0.2) is 4.98 Å². The van der Waals surface area contributed by atoms with Gasteiger partial charge < -0.3 is 5.73 Å². The number of nitrogens with zero attached hydrogens (tertiary/aromatic N) is 3. The molecule has 0 aliphatic heterocycles. The fourth-order valence-corrected chi connectivity index (χ4v) is 3.51. The maximum absolute atomic E-state index is 13.3. The van der Waals surface area contributed by atoms with Crippen LogP contribution in [0.4, 0.5) is 13.2 Å². The van der Waals surface area contributed by atoms with Crippen molar-refractivity contribution in [3.8, 4) is 5.69 Å². The average molecular weight is 431 g/mol. The van der Waals surface area contributed by atoms with Gasteiger partial charge in [0.05, 0.1) is 21.6 Å². The molecule has 0 atom stereocenters. The van der Waals surface area contributed by atoms with Crippen molar-refractivity contribution in [1.29, 1.82) is 0 Å². The van der Waals surface area contributed by atoms with E-state index in [1.54, 1.807) is 24.5 Å². The number of amides is 1. The van der Waals surface area contributed by atoms with E-state index < -0.39 is 22.7 Å². The molecule has 1 amide bonds. The SMILES string of the molecule is NC(=O)c1nc2cc(Cl)c(C(F)(F)F)cc2n1-c1ccc(Cc2ccncc2)cc1. The highest BCUT2D eigenvalue weighted by molar-refractivity contribution is 6.32. The van der Waals surface area contributed by atoms with Crippen LogP contribution in [0.3, 0.4) is 0 Å². The van der Waals surface area contributed by atoms with Crippen molar-refractivity contribution >= 4 is 28.5 Å². The number of imidazole rings is 1. The van der Waals surface area contributed by atoms with E-state index in [-0.39, 0.29) is 16.9 Å². The van der Waals surface area contributed by atoms with Crippen LogP contribution in [0.2, 0.25) is 5.02 Å². The highest BCUT2D eigenvalue weighted by Gasteiger charge is 2.34. The predicted molar refractivity (Wildman–Crippen MR) is 107 cm³/mol. The first-order valence-electron chi connectivity index (χ1n) is 8.81. The molecule has 4 rings (SSSR count). The Morgan fingerprint density at radius 2 is 1.67 bits per heavy atom. The van der Waals surface area contributed by atoms with Crippen molar-refractivity contribution in [3.63, 3.8) is 0 Å². The summed E-state index contributed by atoms with van der Waals surface area (Å²) >= 11 is 5.78. The van der Waals surface area contributed by atoms with Crippen LogP contribution in [0.25, 0.3) is 16.7 Å². The lowest BCUT2D eigenvalue weighted by atomic mass is 10.1. The van der Waals surface area contributed by atoms with Crippen LogP contribution >= 0.6 is 11.6 Å². The van der Waals surface area contributed by atoms with Crippen LogP contribution in [-0.4, -0.2) is 20.4 Å². The minimum atomic E-state index is -4.65. The van der Waals surface area contributed by atoms with Crippen LogP contribution in [0.1, 0.15) is 27.3 Å². The number of alkyl halides is 3. The molecule has 2 N–H and O–H groups in total. The molecule has 152 valence electrons. The molecule has 0 fully saturated rings. The third-order valence-corrected chi connectivity index (χ3v) is 4.93. The van der Waals surface area contributed by atoms with Crippen LogP contribution in [-0.2, 0) is 12.6 Å². The Morgan fingerprint density at radius 3 is 2.27 bits per heavy atom. The first-order valence-corrected chi connectivity index (χ1v) is 9.19. The second-order valence-corrected chi connectivity index (χ2v) is 7.06. The zero-order valence-corrected chi connectivity index (χ0v) is 16.1. The summed E-state index contributed by atoms with van der Waals surface area (Å²) in [7, 11) is 0. The first-order chi connectivity index (χ1) is 14.2. The Kier molecular flexibility index (Phi) is 4.95. The van der Waals surface area contributed by atoms with Crippen LogP contribution in [0.15, 0.2) is 60.9 Å². The lowest BCUT2D eigenvalue weighted by Crippen LogP contribution is -2.17. The number of benzene rings is 2. The molecule has 0 radical (unpaired) electrons. The Bertz CT molecular complexity index is 1240. The van der Waals surface area contributed by atoms with Crippen molar-refractivity contribution in [2.24, 2.45) is 5.73 Å². The molecule has 0 bridgehead atoms. The summed E-state index contributed by atoms with van der Waals surface area (Å²) < 4.78 is 41.3. The number of hydrogen-bond acceptors (Lipinski definition) is 3. The summed E-state index contributed by atoms with van der Waals surface area (Å²) in [6, 6.07) is 12.8. The van der Waals surface area contributed by atoms with Gasteiger partial charge in [0.25, 0.3) is 5.91 Å². The van der Waals surface area contributed by atoms with E-state index in [9.17, 15) is 18.0 Å². The Morgan fingerprint density at radius 1 is 1.03 bits per heavy atom. The Hall–Kier alpha value is -3.39. The quantitative estimate of drug-likeness (QED) is 0.506. The van der Waals surface area contributed by atoms with Crippen LogP contribution in [0, 0.1) is 0 Å². The van der Waals surface area contributed by atoms with Crippen molar-refractivity contribution in [2.75, 3.05) is 0 Å². The second kappa shape index (κ2) is 7.46. The van der Waals surface area contributed by atoms with Crippen LogP contribution < -0.4 is 5.73 Å². The van der Waals surface area contributed by atoms with E-state index in [2.05, 4.69) is 9.97 Å². The standard InChI is InChI=1S/C21H14ClF3N4O/c22-16-11-17-18(10-15(16)21(23,24)25)29(20(28-17)19(26)30)14-3-1-12(2-4-14)9-13-5-7-27-8-6-13/h1-8,10-11H,9H2,(H2,26,30). The highest BCUT2D eigenvalue weighted by Crippen LogP contribution is 2.37. The van der Waals surface area contributed by atoms with E-state index in [1.807, 2.05) is 24.3 Å². The van der Waals surface area contributed by atoms with E-state index >= 15 is 0 Å². The molecule has 2 heterocycles. The van der Waals surface area contributed by atoms with E-state index in [0.29, 0.717) is 12.1 Å². The number of carbonyl (C=O) groups is 1. The Labute approximate surface area is 173 Å². The summed E-state index contributed by atoms with van der Waals surface area (Å²) in [6.07, 6.45) is -0.598. The van der Waals surface area contributed by atoms with Gasteiger partial charge in [0.2, 0.25) is 5.82 Å². The molecular weight excluding hydrogens is 417 g/mol. The minimum absolute atomic E-state index is 0.0856. The second-order valence-electron chi connectivity index (χ2n) is 6.65. The summed E-state index contributed by atoms with van der Waals surface area (Å²) in [5.41, 5.74) is 7.14. The number of primary amides is 1. The molecule has 2 aromatic carbocycles. The van der Waals surface area contributed by atoms with Gasteiger partial charge in [-0.1, -0.05) is 23.7 Å². The van der Waals surface area contributed by atoms with E-state index in [0.717, 1.165) is 23.3 Å². The summed E-state index contributed by atoms with van der Waals surface area (Å²) in [5.74, 6) is -1.04. The number of hydrogen-bond donors (Lipinski definition) is 1. The van der Waals surface area contributed by atoms with Crippen molar-refractivity contribution < 1.29 is 18.0 Å². The third kappa shape index (κ3) is 3.73. The van der Waals surface area contributed by atoms with Gasteiger partial charge >= 0.3 is 6.18 Å². The zero-order valence-electron chi connectivity index (χ0n) is 15.3. The van der Waals surface area contributed by atoms with Crippen molar-refractivity contribution in [2.45, 2.75) is 12.6 Å². The van der Waals surface area contributed by atoms with Gasteiger partial charge in [-0.15, -0.1) is 0 Å². The molecule has 0 saturated carbocycles. The maximum atomic E-state index is 13.3. The molecule has 0 unspecified atom stereocenters. The van der Waals surface area contributed by atoms with Crippen molar-refractivity contribution in [3.05, 3.63) is 88.5 Å². The van der Waals surface area contributed by atoms with Crippen LogP contribution in [0.5, 0.6) is 0 Å². The molecule has 0 saturated heterocycles. The third-order valence-electron chi connectivity index (χ3n) is 4.62. The van der Waals surface area contributed by atoms with E-state index in [4.69, 9.17) is 17.3 Å². The van der Waals surface area contributed by atoms with E-state index in [1.165, 1.54) is 4.57 Å². The number of rotatable bonds is 4. The number of fused-ring (bicyclic) bond motifs is 1. The molecule has 2 aromatic heterocycles. The molecular formula is C21H14ClF3N4O. The molecule has 5 nitrogen and oxygen atoms in total. The fraction of sp³-hybridized carbons (Fsp3) is 0.0952. The zero-order chi connectivity index (χ0) is 21.5. The lowest BCUT2D eigenvalue weighted by molar-refractivity contribution is -0.137. The van der Waals surface area contributed by atoms with Gasteiger partial charge in [-0.3, -0.25) is 14.3 Å².